The number of nitrogens with one attached hydrogen (secondary N) is 1. The summed E-state index contributed by atoms with van der Waals surface area (Å²) in [6.07, 6.45) is 3.30. The van der Waals surface area contributed by atoms with Crippen LogP contribution < -0.4 is 10.4 Å². The molecule has 1 aliphatic rings. The molecule has 0 saturated heterocycles. The summed E-state index contributed by atoms with van der Waals surface area (Å²) < 4.78 is 0. The van der Waals surface area contributed by atoms with Gasteiger partial charge in [-0.15, -0.1) is 0 Å². The van der Waals surface area contributed by atoms with E-state index in [4.69, 9.17) is 4.84 Å². The summed E-state index contributed by atoms with van der Waals surface area (Å²) in [7, 11) is 0. The average Bonchev–Trinajstić information content (AvgIpc) is 2.65. The number of carbonyl (C=O) groups is 1. The van der Waals surface area contributed by atoms with Gasteiger partial charge < -0.3 is 10.4 Å². The molecule has 2 atom stereocenters. The molecule has 1 aliphatic heterocycles. The SMILES string of the molecule is CC(ON(c1ccccn1)[C@@H](C)C(=O)O)c1ccc2c(n1)NCCC2. The molecule has 3 rings (SSSR count). The lowest BCUT2D eigenvalue weighted by molar-refractivity contribution is -0.141. The van der Waals surface area contributed by atoms with Crippen LogP contribution in [0.2, 0.25) is 0 Å². The van der Waals surface area contributed by atoms with Crippen LogP contribution in [0.3, 0.4) is 0 Å². The van der Waals surface area contributed by atoms with Gasteiger partial charge in [0, 0.05) is 12.7 Å². The Hall–Kier alpha value is -2.67. The lowest BCUT2D eigenvalue weighted by Crippen LogP contribution is -2.40. The molecule has 7 heteroatoms. The highest BCUT2D eigenvalue weighted by Crippen LogP contribution is 2.26. The minimum Gasteiger partial charge on any atom is -0.480 e. The van der Waals surface area contributed by atoms with Gasteiger partial charge in [-0.25, -0.2) is 19.8 Å². The third kappa shape index (κ3) is 3.88. The molecule has 1 unspecified atom stereocenters. The molecule has 2 aromatic heterocycles. The lowest BCUT2D eigenvalue weighted by atomic mass is 10.1. The summed E-state index contributed by atoms with van der Waals surface area (Å²) in [5.41, 5.74) is 1.94. The molecule has 25 heavy (non-hydrogen) atoms. The van der Waals surface area contributed by atoms with Gasteiger partial charge in [0.25, 0.3) is 0 Å². The number of hydrogen-bond acceptors (Lipinski definition) is 6. The van der Waals surface area contributed by atoms with E-state index >= 15 is 0 Å². The Morgan fingerprint density at radius 2 is 2.16 bits per heavy atom. The van der Waals surface area contributed by atoms with E-state index in [0.717, 1.165) is 30.9 Å². The molecule has 0 amide bonds. The second kappa shape index (κ2) is 7.48. The predicted molar refractivity (Wildman–Crippen MR) is 94.4 cm³/mol. The third-order valence-electron chi connectivity index (χ3n) is 4.19. The van der Waals surface area contributed by atoms with E-state index in [2.05, 4.69) is 21.4 Å². The summed E-state index contributed by atoms with van der Waals surface area (Å²) in [5.74, 6) is 0.341. The van der Waals surface area contributed by atoms with E-state index in [0.29, 0.717) is 5.82 Å². The fraction of sp³-hybridized carbons (Fsp3) is 0.389. The van der Waals surface area contributed by atoms with Crippen LogP contribution in [0.25, 0.3) is 0 Å². The van der Waals surface area contributed by atoms with E-state index in [1.165, 1.54) is 10.6 Å². The number of anilines is 2. The molecule has 3 heterocycles. The largest absolute Gasteiger partial charge is 0.480 e. The molecule has 0 bridgehead atoms. The quantitative estimate of drug-likeness (QED) is 0.780. The number of aromatic nitrogens is 2. The lowest BCUT2D eigenvalue weighted by Gasteiger charge is -2.29. The van der Waals surface area contributed by atoms with Gasteiger partial charge in [0.15, 0.2) is 11.9 Å². The van der Waals surface area contributed by atoms with Gasteiger partial charge in [-0.3, -0.25) is 4.84 Å². The standard InChI is InChI=1S/C18H22N4O3/c1-12(18(23)24)22(16-7-3-4-10-19-16)25-13(2)15-9-8-14-6-5-11-20-17(14)21-15/h3-4,7-10,12-13H,5-6,11H2,1-2H3,(H,20,21)(H,23,24)/t12-,13?/m0/s1. The normalized spacial score (nSPS) is 15.6. The molecule has 0 saturated carbocycles. The number of carboxylic acid groups (broad SMARTS) is 1. The van der Waals surface area contributed by atoms with Crippen molar-refractivity contribution in [3.8, 4) is 0 Å². The summed E-state index contributed by atoms with van der Waals surface area (Å²) in [6.45, 7) is 4.32. The van der Waals surface area contributed by atoms with E-state index in [9.17, 15) is 9.90 Å². The Morgan fingerprint density at radius 3 is 2.88 bits per heavy atom. The molecule has 2 N–H and O–H groups in total. The molecular formula is C18H22N4O3. The zero-order valence-corrected chi connectivity index (χ0v) is 14.3. The van der Waals surface area contributed by atoms with Gasteiger partial charge in [-0.2, -0.15) is 0 Å². The first-order valence-electron chi connectivity index (χ1n) is 8.40. The third-order valence-corrected chi connectivity index (χ3v) is 4.19. The van der Waals surface area contributed by atoms with Crippen LogP contribution in [0, 0.1) is 0 Å². The first-order valence-corrected chi connectivity index (χ1v) is 8.40. The van der Waals surface area contributed by atoms with Crippen molar-refractivity contribution in [1.29, 1.82) is 0 Å². The van der Waals surface area contributed by atoms with Crippen LogP contribution in [0.15, 0.2) is 36.5 Å². The minimum absolute atomic E-state index is 0.419. The Bertz CT molecular complexity index is 738. The van der Waals surface area contributed by atoms with Crippen LogP contribution in [-0.2, 0) is 16.1 Å². The number of fused-ring (bicyclic) bond motifs is 1. The van der Waals surface area contributed by atoms with Crippen molar-refractivity contribution < 1.29 is 14.7 Å². The molecule has 0 radical (unpaired) electrons. The number of aliphatic carboxylic acids is 1. The minimum atomic E-state index is -0.988. The van der Waals surface area contributed by atoms with Crippen LogP contribution in [0.1, 0.15) is 37.6 Å². The number of aryl methyl sites for hydroxylation is 1. The van der Waals surface area contributed by atoms with Gasteiger partial charge in [0.1, 0.15) is 11.9 Å². The van der Waals surface area contributed by atoms with Crippen molar-refractivity contribution in [2.75, 3.05) is 16.9 Å². The number of nitrogens with zero attached hydrogens (tertiary/aromatic N) is 3. The molecule has 132 valence electrons. The van der Waals surface area contributed by atoms with Gasteiger partial charge >= 0.3 is 5.97 Å². The second-order valence-corrected chi connectivity index (χ2v) is 6.05. The van der Waals surface area contributed by atoms with Crippen LogP contribution in [-0.4, -0.2) is 33.6 Å². The Morgan fingerprint density at radius 1 is 1.32 bits per heavy atom. The maximum absolute atomic E-state index is 11.4. The molecule has 0 aliphatic carbocycles. The van der Waals surface area contributed by atoms with Crippen LogP contribution >= 0.6 is 0 Å². The Kier molecular flexibility index (Phi) is 5.14. The number of pyridine rings is 2. The predicted octanol–water partition coefficient (Wildman–Crippen LogP) is 2.81. The number of hydroxylamine groups is 1. The first-order chi connectivity index (χ1) is 12.1. The Labute approximate surface area is 146 Å². The molecule has 0 fully saturated rings. The summed E-state index contributed by atoms with van der Waals surface area (Å²) in [4.78, 5) is 26.2. The summed E-state index contributed by atoms with van der Waals surface area (Å²) in [5, 5.41) is 14.0. The molecule has 0 spiro atoms. The van der Waals surface area contributed by atoms with Crippen molar-refractivity contribution in [2.24, 2.45) is 0 Å². The van der Waals surface area contributed by atoms with Gasteiger partial charge in [0.2, 0.25) is 0 Å². The molecule has 0 aromatic carbocycles. The zero-order valence-electron chi connectivity index (χ0n) is 14.3. The Balaban J connectivity index is 1.82. The molecule has 7 nitrogen and oxygen atoms in total. The monoisotopic (exact) mass is 342 g/mol. The maximum atomic E-state index is 11.4. The smallest absolute Gasteiger partial charge is 0.328 e. The van der Waals surface area contributed by atoms with Crippen molar-refractivity contribution >= 4 is 17.6 Å². The molecular weight excluding hydrogens is 320 g/mol. The van der Waals surface area contributed by atoms with Crippen molar-refractivity contribution in [1.82, 2.24) is 9.97 Å². The first kappa shape index (κ1) is 17.2. The fourth-order valence-corrected chi connectivity index (χ4v) is 2.72. The topological polar surface area (TPSA) is 87.6 Å². The molecule has 2 aromatic rings. The zero-order chi connectivity index (χ0) is 17.8. The number of carboxylic acids is 1. The van der Waals surface area contributed by atoms with E-state index in [1.54, 1.807) is 31.3 Å². The summed E-state index contributed by atoms with van der Waals surface area (Å²) >= 11 is 0. The van der Waals surface area contributed by atoms with Crippen molar-refractivity contribution in [2.45, 2.75) is 38.8 Å². The van der Waals surface area contributed by atoms with Crippen molar-refractivity contribution in [3.05, 3.63) is 47.8 Å². The van der Waals surface area contributed by atoms with E-state index < -0.39 is 18.1 Å². The highest BCUT2D eigenvalue weighted by molar-refractivity contribution is 5.76. The highest BCUT2D eigenvalue weighted by Gasteiger charge is 2.26. The van der Waals surface area contributed by atoms with Gasteiger partial charge in [-0.1, -0.05) is 12.1 Å². The van der Waals surface area contributed by atoms with Gasteiger partial charge in [0.05, 0.1) is 5.69 Å². The summed E-state index contributed by atoms with van der Waals surface area (Å²) in [6, 6.07) is 8.38. The fourth-order valence-electron chi connectivity index (χ4n) is 2.72. The number of rotatable bonds is 6. The average molecular weight is 342 g/mol. The number of hydrogen-bond donors (Lipinski definition) is 2. The van der Waals surface area contributed by atoms with E-state index in [1.807, 2.05) is 13.0 Å². The second-order valence-electron chi connectivity index (χ2n) is 6.05. The van der Waals surface area contributed by atoms with Crippen LogP contribution in [0.4, 0.5) is 11.6 Å². The van der Waals surface area contributed by atoms with E-state index in [-0.39, 0.29) is 0 Å². The van der Waals surface area contributed by atoms with Crippen molar-refractivity contribution in [3.63, 3.8) is 0 Å². The maximum Gasteiger partial charge on any atom is 0.328 e. The van der Waals surface area contributed by atoms with Gasteiger partial charge in [-0.05, 0) is 50.5 Å². The highest BCUT2D eigenvalue weighted by atomic mass is 16.7. The van der Waals surface area contributed by atoms with Crippen LogP contribution in [0.5, 0.6) is 0 Å².